The van der Waals surface area contributed by atoms with Gasteiger partial charge in [0.05, 0.1) is 21.4 Å². The van der Waals surface area contributed by atoms with Crippen LogP contribution in [0.1, 0.15) is 13.3 Å². The van der Waals surface area contributed by atoms with Gasteiger partial charge in [-0.3, -0.25) is 9.59 Å². The van der Waals surface area contributed by atoms with E-state index in [2.05, 4.69) is 5.32 Å². The van der Waals surface area contributed by atoms with Crippen LogP contribution in [0.4, 0.5) is 11.4 Å². The van der Waals surface area contributed by atoms with Gasteiger partial charge in [0.15, 0.2) is 6.61 Å². The number of halogens is 2. The Labute approximate surface area is 155 Å². The third-order valence-electron chi connectivity index (χ3n) is 3.88. The van der Waals surface area contributed by atoms with E-state index in [1.807, 2.05) is 19.1 Å². The molecule has 1 heterocycles. The molecule has 1 atom stereocenters. The van der Waals surface area contributed by atoms with Crippen molar-refractivity contribution in [3.63, 3.8) is 0 Å². The van der Waals surface area contributed by atoms with Gasteiger partial charge in [-0.05, 0) is 31.2 Å². The first-order valence-electron chi connectivity index (χ1n) is 7.74. The number of amides is 2. The molecule has 3 rings (SSSR count). The summed E-state index contributed by atoms with van der Waals surface area (Å²) in [5, 5.41) is 3.59. The smallest absolute Gasteiger partial charge is 0.265 e. The molecule has 130 valence electrons. The van der Waals surface area contributed by atoms with E-state index in [1.165, 1.54) is 0 Å². The van der Waals surface area contributed by atoms with Gasteiger partial charge < -0.3 is 15.0 Å². The molecule has 7 heteroatoms. The quantitative estimate of drug-likeness (QED) is 0.872. The van der Waals surface area contributed by atoms with Crippen LogP contribution in [0.3, 0.4) is 0 Å². The lowest BCUT2D eigenvalue weighted by Gasteiger charge is -2.27. The summed E-state index contributed by atoms with van der Waals surface area (Å²) in [5.74, 6) is 0.0795. The number of fused-ring (bicyclic) bond motifs is 1. The maximum absolute atomic E-state index is 12.8. The van der Waals surface area contributed by atoms with Crippen LogP contribution < -0.4 is 15.0 Å². The molecular formula is C18H16Cl2N2O3. The van der Waals surface area contributed by atoms with Crippen molar-refractivity contribution in [2.45, 2.75) is 19.4 Å². The molecule has 25 heavy (non-hydrogen) atoms. The number of benzene rings is 2. The zero-order chi connectivity index (χ0) is 18.0. The minimum atomic E-state index is -0.284. The predicted octanol–water partition coefficient (Wildman–Crippen LogP) is 4.14. The Morgan fingerprint density at radius 2 is 2.00 bits per heavy atom. The van der Waals surface area contributed by atoms with E-state index in [1.54, 1.807) is 35.2 Å². The molecule has 0 radical (unpaired) electrons. The standard InChI is InChI=1S/C18H16Cl2N2O3/c1-11-8-17(23)21-15-4-2-3-5-16(15)22(11)18(24)10-25-12-6-7-13(19)14(20)9-12/h2-7,9,11H,8,10H2,1H3,(H,21,23)/t11-/m0/s1. The molecule has 2 aromatic rings. The Balaban J connectivity index is 1.80. The Morgan fingerprint density at radius 3 is 2.76 bits per heavy atom. The Kier molecular flexibility index (Phi) is 5.16. The van der Waals surface area contributed by atoms with Crippen LogP contribution >= 0.6 is 23.2 Å². The Bertz CT molecular complexity index is 826. The molecule has 2 aromatic carbocycles. The highest BCUT2D eigenvalue weighted by molar-refractivity contribution is 6.42. The van der Waals surface area contributed by atoms with E-state index >= 15 is 0 Å². The molecule has 0 aromatic heterocycles. The van der Waals surface area contributed by atoms with E-state index in [9.17, 15) is 9.59 Å². The van der Waals surface area contributed by atoms with Gasteiger partial charge in [0.25, 0.3) is 5.91 Å². The first-order chi connectivity index (χ1) is 12.0. The van der Waals surface area contributed by atoms with Crippen LogP contribution in [0.2, 0.25) is 10.0 Å². The van der Waals surface area contributed by atoms with Crippen LogP contribution in [0.15, 0.2) is 42.5 Å². The number of anilines is 2. The molecule has 0 bridgehead atoms. The molecule has 0 spiro atoms. The van der Waals surface area contributed by atoms with E-state index in [0.29, 0.717) is 27.2 Å². The fourth-order valence-electron chi connectivity index (χ4n) is 2.75. The molecule has 1 aliphatic heterocycles. The van der Waals surface area contributed by atoms with Crippen molar-refractivity contribution in [3.05, 3.63) is 52.5 Å². The highest BCUT2D eigenvalue weighted by atomic mass is 35.5. The van der Waals surface area contributed by atoms with Crippen molar-refractivity contribution in [2.24, 2.45) is 0 Å². The van der Waals surface area contributed by atoms with Crippen LogP contribution in [0.5, 0.6) is 5.75 Å². The number of hydrogen-bond acceptors (Lipinski definition) is 3. The molecule has 0 saturated heterocycles. The summed E-state index contributed by atoms with van der Waals surface area (Å²) >= 11 is 11.8. The van der Waals surface area contributed by atoms with Crippen LogP contribution in [-0.2, 0) is 9.59 Å². The van der Waals surface area contributed by atoms with E-state index < -0.39 is 0 Å². The second-order valence-electron chi connectivity index (χ2n) is 5.75. The average molecular weight is 379 g/mol. The summed E-state index contributed by atoms with van der Waals surface area (Å²) < 4.78 is 5.55. The van der Waals surface area contributed by atoms with Gasteiger partial charge in [0.1, 0.15) is 5.75 Å². The van der Waals surface area contributed by atoms with Gasteiger partial charge >= 0.3 is 0 Å². The van der Waals surface area contributed by atoms with Crippen LogP contribution in [0, 0.1) is 0 Å². The van der Waals surface area contributed by atoms with E-state index in [-0.39, 0.29) is 30.9 Å². The minimum absolute atomic E-state index is 0.124. The normalized spacial score (nSPS) is 16.7. The predicted molar refractivity (Wildman–Crippen MR) is 98.6 cm³/mol. The number of carbonyl (C=O) groups is 2. The number of carbonyl (C=O) groups excluding carboxylic acids is 2. The molecule has 0 unspecified atom stereocenters. The lowest BCUT2D eigenvalue weighted by molar-refractivity contribution is -0.121. The minimum Gasteiger partial charge on any atom is -0.484 e. The van der Waals surface area contributed by atoms with Crippen molar-refractivity contribution >= 4 is 46.4 Å². The van der Waals surface area contributed by atoms with Gasteiger partial charge in [-0.1, -0.05) is 35.3 Å². The molecule has 1 N–H and O–H groups in total. The maximum Gasteiger partial charge on any atom is 0.265 e. The van der Waals surface area contributed by atoms with Crippen molar-refractivity contribution in [1.82, 2.24) is 0 Å². The van der Waals surface area contributed by atoms with Crippen LogP contribution in [0.25, 0.3) is 0 Å². The third kappa shape index (κ3) is 3.89. The summed E-state index contributed by atoms with van der Waals surface area (Å²) in [6, 6.07) is 11.7. The van der Waals surface area contributed by atoms with Crippen molar-refractivity contribution in [2.75, 3.05) is 16.8 Å². The fraction of sp³-hybridized carbons (Fsp3) is 0.222. The summed E-state index contributed by atoms with van der Waals surface area (Å²) in [7, 11) is 0. The summed E-state index contributed by atoms with van der Waals surface area (Å²) in [4.78, 5) is 26.3. The van der Waals surface area contributed by atoms with Gasteiger partial charge in [-0.15, -0.1) is 0 Å². The van der Waals surface area contributed by atoms with Gasteiger partial charge in [0.2, 0.25) is 5.91 Å². The van der Waals surface area contributed by atoms with E-state index in [0.717, 1.165) is 0 Å². The zero-order valence-corrected chi connectivity index (χ0v) is 15.0. The molecule has 5 nitrogen and oxygen atoms in total. The fourth-order valence-corrected chi connectivity index (χ4v) is 3.04. The largest absolute Gasteiger partial charge is 0.484 e. The van der Waals surface area contributed by atoms with Gasteiger partial charge in [-0.25, -0.2) is 0 Å². The maximum atomic E-state index is 12.8. The zero-order valence-electron chi connectivity index (χ0n) is 13.5. The lowest BCUT2D eigenvalue weighted by atomic mass is 10.1. The first-order valence-corrected chi connectivity index (χ1v) is 8.50. The number of nitrogens with one attached hydrogen (secondary N) is 1. The monoisotopic (exact) mass is 378 g/mol. The molecule has 0 saturated carbocycles. The second kappa shape index (κ2) is 7.33. The Hall–Kier alpha value is -2.24. The Morgan fingerprint density at radius 1 is 1.24 bits per heavy atom. The average Bonchev–Trinajstić information content (AvgIpc) is 2.70. The molecule has 0 fully saturated rings. The molecule has 0 aliphatic carbocycles. The summed E-state index contributed by atoms with van der Waals surface area (Å²) in [5.41, 5.74) is 1.27. The molecule has 2 amide bonds. The number of para-hydroxylation sites is 2. The van der Waals surface area contributed by atoms with Crippen molar-refractivity contribution in [1.29, 1.82) is 0 Å². The number of hydrogen-bond donors (Lipinski definition) is 1. The molecule has 1 aliphatic rings. The van der Waals surface area contributed by atoms with Gasteiger partial charge in [-0.2, -0.15) is 0 Å². The SMILES string of the molecule is C[C@H]1CC(=O)Nc2ccccc2N1C(=O)COc1ccc(Cl)c(Cl)c1. The summed E-state index contributed by atoms with van der Waals surface area (Å²) in [6.45, 7) is 1.66. The summed E-state index contributed by atoms with van der Waals surface area (Å²) in [6.07, 6.45) is 0.215. The first kappa shape index (κ1) is 17.6. The highest BCUT2D eigenvalue weighted by Gasteiger charge is 2.29. The van der Waals surface area contributed by atoms with Gasteiger partial charge in [0, 0.05) is 18.5 Å². The lowest BCUT2D eigenvalue weighted by Crippen LogP contribution is -2.41. The second-order valence-corrected chi connectivity index (χ2v) is 6.56. The topological polar surface area (TPSA) is 58.6 Å². The van der Waals surface area contributed by atoms with E-state index in [4.69, 9.17) is 27.9 Å². The van der Waals surface area contributed by atoms with Crippen molar-refractivity contribution < 1.29 is 14.3 Å². The highest BCUT2D eigenvalue weighted by Crippen LogP contribution is 2.31. The third-order valence-corrected chi connectivity index (χ3v) is 4.62. The van der Waals surface area contributed by atoms with Crippen molar-refractivity contribution in [3.8, 4) is 5.75 Å². The number of nitrogens with zero attached hydrogens (tertiary/aromatic N) is 1. The molecular weight excluding hydrogens is 363 g/mol. The number of rotatable bonds is 3. The number of ether oxygens (including phenoxy) is 1. The van der Waals surface area contributed by atoms with Crippen LogP contribution in [-0.4, -0.2) is 24.5 Å².